The molecule has 0 aliphatic rings. The Kier molecular flexibility index (Phi) is 6.69. The monoisotopic (exact) mass is 259 g/mol. The largest absolute Gasteiger partial charge is 0.371 e. The summed E-state index contributed by atoms with van der Waals surface area (Å²) in [5.74, 6) is 0. The molecule has 1 nitrogen and oxygen atoms in total. The molecule has 0 atom stereocenters. The van der Waals surface area contributed by atoms with E-state index in [1.54, 1.807) is 0 Å². The maximum atomic E-state index is 3.98. The molecule has 0 bridgehead atoms. The second-order valence-electron chi connectivity index (χ2n) is 5.34. The van der Waals surface area contributed by atoms with E-state index >= 15 is 0 Å². The van der Waals surface area contributed by atoms with Crippen LogP contribution in [0.1, 0.15) is 56.2 Å². The van der Waals surface area contributed by atoms with Crippen molar-refractivity contribution in [3.05, 3.63) is 35.4 Å². The lowest BCUT2D eigenvalue weighted by atomic mass is 10.0. The molecule has 0 heterocycles. The molecule has 0 saturated carbocycles. The Morgan fingerprint density at radius 2 is 1.63 bits per heavy atom. The van der Waals surface area contributed by atoms with Crippen LogP contribution in [0.25, 0.3) is 6.08 Å². The molecule has 1 rings (SSSR count). The van der Waals surface area contributed by atoms with E-state index in [-0.39, 0.29) is 0 Å². The predicted molar refractivity (Wildman–Crippen MR) is 88.0 cm³/mol. The molecule has 0 aliphatic carbocycles. The minimum atomic E-state index is 1.15. The maximum absolute atomic E-state index is 3.98. The van der Waals surface area contributed by atoms with Gasteiger partial charge in [-0.3, -0.25) is 0 Å². The van der Waals surface area contributed by atoms with Gasteiger partial charge in [-0.2, -0.15) is 0 Å². The molecule has 19 heavy (non-hydrogen) atoms. The SMILES string of the molecule is C=Cc1ccc(C)c(C)c1N(CCCC)CCCC. The summed E-state index contributed by atoms with van der Waals surface area (Å²) in [5, 5.41) is 0. The fraction of sp³-hybridized carbons (Fsp3) is 0.556. The highest BCUT2D eigenvalue weighted by atomic mass is 15.1. The molecule has 0 aromatic heterocycles. The van der Waals surface area contributed by atoms with Crippen molar-refractivity contribution < 1.29 is 0 Å². The summed E-state index contributed by atoms with van der Waals surface area (Å²) in [6.45, 7) is 15.2. The van der Waals surface area contributed by atoms with Gasteiger partial charge in [-0.15, -0.1) is 0 Å². The second kappa shape index (κ2) is 8.04. The molecule has 0 radical (unpaired) electrons. The number of nitrogens with zero attached hydrogens (tertiary/aromatic N) is 1. The molecule has 106 valence electrons. The normalized spacial score (nSPS) is 10.5. The first-order valence-electron chi connectivity index (χ1n) is 7.63. The standard InChI is InChI=1S/C18H29N/c1-6-9-13-19(14-10-7-2)18-16(5)15(4)11-12-17(18)8-3/h8,11-12H,3,6-7,9-10,13-14H2,1-2,4-5H3. The number of unbranched alkanes of at least 4 members (excludes halogenated alkanes) is 2. The summed E-state index contributed by atoms with van der Waals surface area (Å²) in [7, 11) is 0. The zero-order valence-corrected chi connectivity index (χ0v) is 13.1. The van der Waals surface area contributed by atoms with E-state index in [0.717, 1.165) is 13.1 Å². The first-order chi connectivity index (χ1) is 9.15. The van der Waals surface area contributed by atoms with Crippen molar-refractivity contribution in [2.75, 3.05) is 18.0 Å². The molecule has 1 aromatic rings. The van der Waals surface area contributed by atoms with Gasteiger partial charge in [0.1, 0.15) is 0 Å². The van der Waals surface area contributed by atoms with Gasteiger partial charge in [-0.05, 0) is 43.4 Å². The average molecular weight is 259 g/mol. The van der Waals surface area contributed by atoms with E-state index < -0.39 is 0 Å². The lowest BCUT2D eigenvalue weighted by molar-refractivity contribution is 0.676. The number of anilines is 1. The third-order valence-electron chi connectivity index (χ3n) is 3.83. The van der Waals surface area contributed by atoms with Crippen molar-refractivity contribution in [2.45, 2.75) is 53.4 Å². The molecule has 0 aliphatic heterocycles. The molecule has 1 heteroatoms. The summed E-state index contributed by atoms with van der Waals surface area (Å²) in [4.78, 5) is 2.56. The van der Waals surface area contributed by atoms with Crippen LogP contribution in [-0.2, 0) is 0 Å². The molecule has 0 amide bonds. The molecular weight excluding hydrogens is 230 g/mol. The van der Waals surface area contributed by atoms with E-state index in [9.17, 15) is 0 Å². The fourth-order valence-corrected chi connectivity index (χ4v) is 2.44. The van der Waals surface area contributed by atoms with Crippen molar-refractivity contribution >= 4 is 11.8 Å². The van der Waals surface area contributed by atoms with Gasteiger partial charge in [-0.1, -0.05) is 51.5 Å². The summed E-state index contributed by atoms with van der Waals surface area (Å²) in [6.07, 6.45) is 7.00. The van der Waals surface area contributed by atoms with Gasteiger partial charge in [0.2, 0.25) is 0 Å². The lowest BCUT2D eigenvalue weighted by Crippen LogP contribution is -2.27. The van der Waals surface area contributed by atoms with Crippen LogP contribution in [0.5, 0.6) is 0 Å². The van der Waals surface area contributed by atoms with Crippen molar-refractivity contribution in [2.24, 2.45) is 0 Å². The molecule has 0 spiro atoms. The molecule has 0 fully saturated rings. The van der Waals surface area contributed by atoms with Crippen LogP contribution in [0, 0.1) is 13.8 Å². The van der Waals surface area contributed by atoms with E-state index in [2.05, 4.69) is 51.3 Å². The lowest BCUT2D eigenvalue weighted by Gasteiger charge is -2.29. The Morgan fingerprint density at radius 3 is 2.11 bits per heavy atom. The number of hydrogen-bond donors (Lipinski definition) is 0. The van der Waals surface area contributed by atoms with Gasteiger partial charge >= 0.3 is 0 Å². The van der Waals surface area contributed by atoms with Crippen molar-refractivity contribution in [3.8, 4) is 0 Å². The van der Waals surface area contributed by atoms with E-state index in [4.69, 9.17) is 0 Å². The zero-order chi connectivity index (χ0) is 14.3. The molecule has 1 aromatic carbocycles. The summed E-state index contributed by atoms with van der Waals surface area (Å²) < 4.78 is 0. The number of benzene rings is 1. The third-order valence-corrected chi connectivity index (χ3v) is 3.83. The predicted octanol–water partition coefficient (Wildman–Crippen LogP) is 5.35. The Balaban J connectivity index is 3.11. The van der Waals surface area contributed by atoms with E-state index in [0.29, 0.717) is 0 Å². The van der Waals surface area contributed by atoms with Crippen LogP contribution < -0.4 is 4.90 Å². The fourth-order valence-electron chi connectivity index (χ4n) is 2.44. The first-order valence-corrected chi connectivity index (χ1v) is 7.63. The molecule has 0 saturated heterocycles. The van der Waals surface area contributed by atoms with Crippen LogP contribution in [-0.4, -0.2) is 13.1 Å². The zero-order valence-electron chi connectivity index (χ0n) is 13.1. The van der Waals surface area contributed by atoms with Crippen molar-refractivity contribution in [1.29, 1.82) is 0 Å². The van der Waals surface area contributed by atoms with Crippen molar-refractivity contribution in [3.63, 3.8) is 0 Å². The van der Waals surface area contributed by atoms with Crippen LogP contribution in [0.4, 0.5) is 5.69 Å². The average Bonchev–Trinajstić information content (AvgIpc) is 2.42. The third kappa shape index (κ3) is 4.12. The van der Waals surface area contributed by atoms with E-state index in [1.165, 1.54) is 48.1 Å². The van der Waals surface area contributed by atoms with Gasteiger partial charge < -0.3 is 4.90 Å². The Labute approximate surface area is 119 Å². The minimum Gasteiger partial charge on any atom is -0.371 e. The minimum absolute atomic E-state index is 1.15. The highest BCUT2D eigenvalue weighted by molar-refractivity contribution is 5.71. The van der Waals surface area contributed by atoms with Gasteiger partial charge in [0.25, 0.3) is 0 Å². The molecule has 0 unspecified atom stereocenters. The number of aryl methyl sites for hydroxylation is 1. The number of hydrogen-bond acceptors (Lipinski definition) is 1. The van der Waals surface area contributed by atoms with Crippen LogP contribution in [0.2, 0.25) is 0 Å². The number of rotatable bonds is 8. The second-order valence-corrected chi connectivity index (χ2v) is 5.34. The topological polar surface area (TPSA) is 3.24 Å². The quantitative estimate of drug-likeness (QED) is 0.608. The van der Waals surface area contributed by atoms with Crippen LogP contribution in [0.15, 0.2) is 18.7 Å². The Morgan fingerprint density at radius 1 is 1.05 bits per heavy atom. The van der Waals surface area contributed by atoms with Gasteiger partial charge in [0, 0.05) is 18.8 Å². The highest BCUT2D eigenvalue weighted by Crippen LogP contribution is 2.29. The summed E-state index contributed by atoms with van der Waals surface area (Å²) in [5.41, 5.74) is 5.45. The Bertz CT molecular complexity index is 398. The molecule has 0 N–H and O–H groups in total. The van der Waals surface area contributed by atoms with Crippen LogP contribution >= 0.6 is 0 Å². The Hall–Kier alpha value is -1.24. The van der Waals surface area contributed by atoms with Crippen LogP contribution in [0.3, 0.4) is 0 Å². The smallest absolute Gasteiger partial charge is 0.0471 e. The summed E-state index contributed by atoms with van der Waals surface area (Å²) >= 11 is 0. The first kappa shape index (κ1) is 15.8. The highest BCUT2D eigenvalue weighted by Gasteiger charge is 2.13. The molecular formula is C18H29N. The van der Waals surface area contributed by atoms with Gasteiger partial charge in [0.15, 0.2) is 0 Å². The maximum Gasteiger partial charge on any atom is 0.0471 e. The van der Waals surface area contributed by atoms with E-state index in [1.807, 2.05) is 6.08 Å². The van der Waals surface area contributed by atoms with Gasteiger partial charge in [0.05, 0.1) is 0 Å². The van der Waals surface area contributed by atoms with Gasteiger partial charge in [-0.25, -0.2) is 0 Å². The summed E-state index contributed by atoms with van der Waals surface area (Å²) in [6, 6.07) is 4.41. The van der Waals surface area contributed by atoms with Crippen molar-refractivity contribution in [1.82, 2.24) is 0 Å².